The molecule has 0 atom stereocenters. The second kappa shape index (κ2) is 8.06. The highest BCUT2D eigenvalue weighted by Crippen LogP contribution is 2.27. The molecule has 1 aromatic carbocycles. The quantitative estimate of drug-likeness (QED) is 0.853. The summed E-state index contributed by atoms with van der Waals surface area (Å²) in [5, 5.41) is 3.89. The van der Waals surface area contributed by atoms with E-state index in [1.54, 1.807) is 0 Å². The van der Waals surface area contributed by atoms with Crippen molar-refractivity contribution in [2.24, 2.45) is 0 Å². The number of likely N-dealkylation sites (N-methyl/N-ethyl adjacent to an activating group) is 1. The van der Waals surface area contributed by atoms with E-state index in [1.165, 1.54) is 11.3 Å². The summed E-state index contributed by atoms with van der Waals surface area (Å²) in [6.07, 6.45) is 0. The SMILES string of the molecule is CCN(CC)CCNC(=O)c1sc(-c2ccccc2)nc1C. The lowest BCUT2D eigenvalue weighted by Crippen LogP contribution is -2.34. The van der Waals surface area contributed by atoms with E-state index in [9.17, 15) is 4.79 Å². The smallest absolute Gasteiger partial charge is 0.263 e. The molecule has 0 aliphatic rings. The molecular weight excluding hydrogens is 294 g/mol. The third kappa shape index (κ3) is 4.15. The zero-order valence-electron chi connectivity index (χ0n) is 13.4. The van der Waals surface area contributed by atoms with Gasteiger partial charge in [-0.1, -0.05) is 44.2 Å². The fourth-order valence-electron chi connectivity index (χ4n) is 2.26. The van der Waals surface area contributed by atoms with E-state index >= 15 is 0 Å². The van der Waals surface area contributed by atoms with Crippen LogP contribution < -0.4 is 5.32 Å². The molecule has 0 aliphatic heterocycles. The fourth-order valence-corrected chi connectivity index (χ4v) is 3.25. The number of aromatic nitrogens is 1. The summed E-state index contributed by atoms with van der Waals surface area (Å²) in [6, 6.07) is 9.97. The molecule has 1 N–H and O–H groups in total. The summed E-state index contributed by atoms with van der Waals surface area (Å²) in [4.78, 5) is 19.8. The van der Waals surface area contributed by atoms with Gasteiger partial charge in [0.05, 0.1) is 5.69 Å². The predicted octanol–water partition coefficient (Wildman–Crippen LogP) is 3.19. The van der Waals surface area contributed by atoms with Crippen LogP contribution in [0.2, 0.25) is 0 Å². The van der Waals surface area contributed by atoms with E-state index < -0.39 is 0 Å². The van der Waals surface area contributed by atoms with Gasteiger partial charge in [-0.2, -0.15) is 0 Å². The Morgan fingerprint density at radius 2 is 1.91 bits per heavy atom. The van der Waals surface area contributed by atoms with Crippen molar-refractivity contribution in [3.63, 3.8) is 0 Å². The highest BCUT2D eigenvalue weighted by Gasteiger charge is 2.15. The van der Waals surface area contributed by atoms with E-state index in [0.717, 1.165) is 35.9 Å². The normalized spacial score (nSPS) is 10.9. The minimum Gasteiger partial charge on any atom is -0.350 e. The van der Waals surface area contributed by atoms with E-state index in [4.69, 9.17) is 0 Å². The first-order chi connectivity index (χ1) is 10.7. The summed E-state index contributed by atoms with van der Waals surface area (Å²) in [5.41, 5.74) is 1.85. The number of nitrogens with zero attached hydrogens (tertiary/aromatic N) is 2. The highest BCUT2D eigenvalue weighted by molar-refractivity contribution is 7.17. The Kier molecular flexibility index (Phi) is 6.10. The van der Waals surface area contributed by atoms with Gasteiger partial charge in [0.25, 0.3) is 5.91 Å². The largest absolute Gasteiger partial charge is 0.350 e. The summed E-state index contributed by atoms with van der Waals surface area (Å²) >= 11 is 1.45. The number of nitrogens with one attached hydrogen (secondary N) is 1. The Balaban J connectivity index is 2.00. The van der Waals surface area contributed by atoms with Gasteiger partial charge >= 0.3 is 0 Å². The van der Waals surface area contributed by atoms with E-state index in [-0.39, 0.29) is 5.91 Å². The predicted molar refractivity (Wildman–Crippen MR) is 92.4 cm³/mol. The van der Waals surface area contributed by atoms with Crippen molar-refractivity contribution in [1.82, 2.24) is 15.2 Å². The van der Waals surface area contributed by atoms with Crippen LogP contribution >= 0.6 is 11.3 Å². The van der Waals surface area contributed by atoms with Crippen LogP contribution in [0.5, 0.6) is 0 Å². The molecule has 2 rings (SSSR count). The highest BCUT2D eigenvalue weighted by atomic mass is 32.1. The Hall–Kier alpha value is -1.72. The van der Waals surface area contributed by atoms with Gasteiger partial charge in [0.2, 0.25) is 0 Å². The molecular formula is C17H23N3OS. The lowest BCUT2D eigenvalue weighted by atomic mass is 10.2. The van der Waals surface area contributed by atoms with Crippen molar-refractivity contribution in [3.8, 4) is 10.6 Å². The number of aryl methyl sites for hydroxylation is 1. The molecule has 0 bridgehead atoms. The molecule has 22 heavy (non-hydrogen) atoms. The molecule has 0 saturated carbocycles. The summed E-state index contributed by atoms with van der Waals surface area (Å²) < 4.78 is 0. The van der Waals surface area contributed by atoms with Gasteiger partial charge < -0.3 is 10.2 Å². The maximum absolute atomic E-state index is 12.3. The van der Waals surface area contributed by atoms with Crippen LogP contribution in [0.1, 0.15) is 29.2 Å². The van der Waals surface area contributed by atoms with Crippen molar-refractivity contribution in [3.05, 3.63) is 40.9 Å². The average molecular weight is 317 g/mol. The third-order valence-corrected chi connectivity index (χ3v) is 4.84. The Labute approximate surface area is 136 Å². The number of hydrogen-bond acceptors (Lipinski definition) is 4. The fraction of sp³-hybridized carbons (Fsp3) is 0.412. The first-order valence-electron chi connectivity index (χ1n) is 7.69. The maximum Gasteiger partial charge on any atom is 0.263 e. The molecule has 1 amide bonds. The maximum atomic E-state index is 12.3. The number of carbonyl (C=O) groups is 1. The van der Waals surface area contributed by atoms with Crippen molar-refractivity contribution in [2.45, 2.75) is 20.8 Å². The van der Waals surface area contributed by atoms with Gasteiger partial charge in [0.15, 0.2) is 0 Å². The first-order valence-corrected chi connectivity index (χ1v) is 8.50. The zero-order valence-corrected chi connectivity index (χ0v) is 14.2. The van der Waals surface area contributed by atoms with Crippen molar-refractivity contribution in [2.75, 3.05) is 26.2 Å². The summed E-state index contributed by atoms with van der Waals surface area (Å²) in [5.74, 6) is -0.0238. The Morgan fingerprint density at radius 3 is 2.55 bits per heavy atom. The molecule has 5 heteroatoms. The zero-order chi connectivity index (χ0) is 15.9. The second-order valence-corrected chi connectivity index (χ2v) is 6.08. The van der Waals surface area contributed by atoms with Gasteiger partial charge in [-0.25, -0.2) is 4.98 Å². The second-order valence-electron chi connectivity index (χ2n) is 5.08. The molecule has 0 saturated heterocycles. The first kappa shape index (κ1) is 16.6. The van der Waals surface area contributed by atoms with Crippen molar-refractivity contribution >= 4 is 17.2 Å². The molecule has 118 valence electrons. The monoisotopic (exact) mass is 317 g/mol. The van der Waals surface area contributed by atoms with Crippen molar-refractivity contribution in [1.29, 1.82) is 0 Å². The summed E-state index contributed by atoms with van der Waals surface area (Å²) in [6.45, 7) is 9.70. The molecule has 2 aromatic rings. The van der Waals surface area contributed by atoms with Gasteiger partial charge in [-0.15, -0.1) is 11.3 Å². The summed E-state index contributed by atoms with van der Waals surface area (Å²) in [7, 11) is 0. The lowest BCUT2D eigenvalue weighted by molar-refractivity contribution is 0.0952. The van der Waals surface area contributed by atoms with Gasteiger partial charge in [-0.05, 0) is 20.0 Å². The Morgan fingerprint density at radius 1 is 1.23 bits per heavy atom. The van der Waals surface area contributed by atoms with E-state index in [2.05, 4.69) is 29.0 Å². The number of rotatable bonds is 7. The van der Waals surface area contributed by atoms with E-state index in [0.29, 0.717) is 11.4 Å². The van der Waals surface area contributed by atoms with Crippen LogP contribution in [-0.2, 0) is 0 Å². The van der Waals surface area contributed by atoms with Crippen LogP contribution in [0.3, 0.4) is 0 Å². The van der Waals surface area contributed by atoms with E-state index in [1.807, 2.05) is 37.3 Å². The van der Waals surface area contributed by atoms with Gasteiger partial charge in [-0.3, -0.25) is 4.79 Å². The third-order valence-electron chi connectivity index (χ3n) is 3.63. The minimum atomic E-state index is -0.0238. The van der Waals surface area contributed by atoms with Crippen LogP contribution in [0.25, 0.3) is 10.6 Å². The van der Waals surface area contributed by atoms with Crippen LogP contribution in [0.4, 0.5) is 0 Å². The molecule has 4 nitrogen and oxygen atoms in total. The number of benzene rings is 1. The standard InChI is InChI=1S/C17H23N3OS/c1-4-20(5-2)12-11-18-16(21)15-13(3)19-17(22-15)14-9-7-6-8-10-14/h6-10H,4-5,11-12H2,1-3H3,(H,18,21). The molecule has 0 unspecified atom stereocenters. The molecule has 0 spiro atoms. The van der Waals surface area contributed by atoms with Crippen LogP contribution in [-0.4, -0.2) is 42.0 Å². The Bertz CT molecular complexity index is 606. The van der Waals surface area contributed by atoms with Crippen molar-refractivity contribution < 1.29 is 4.79 Å². The molecule has 1 heterocycles. The van der Waals surface area contributed by atoms with Gasteiger partial charge in [0, 0.05) is 18.7 Å². The van der Waals surface area contributed by atoms with Crippen LogP contribution in [0.15, 0.2) is 30.3 Å². The molecule has 0 fully saturated rings. The molecule has 0 radical (unpaired) electrons. The average Bonchev–Trinajstić information content (AvgIpc) is 2.94. The van der Waals surface area contributed by atoms with Crippen LogP contribution in [0, 0.1) is 6.92 Å². The lowest BCUT2D eigenvalue weighted by Gasteiger charge is -2.17. The number of thiazole rings is 1. The number of hydrogen-bond donors (Lipinski definition) is 1. The van der Waals surface area contributed by atoms with Gasteiger partial charge in [0.1, 0.15) is 9.88 Å². The number of carbonyl (C=O) groups excluding carboxylic acids is 1. The number of amides is 1. The molecule has 1 aromatic heterocycles. The molecule has 0 aliphatic carbocycles. The topological polar surface area (TPSA) is 45.2 Å². The minimum absolute atomic E-state index is 0.0238.